The number of carbonyl (C=O) groups excluding carboxylic acids is 1. The van der Waals surface area contributed by atoms with Gasteiger partial charge in [-0.15, -0.1) is 10.2 Å². The van der Waals surface area contributed by atoms with Crippen molar-refractivity contribution in [2.45, 2.75) is 37.6 Å². The van der Waals surface area contributed by atoms with E-state index in [9.17, 15) is 4.79 Å². The van der Waals surface area contributed by atoms with E-state index in [1.165, 1.54) is 17.3 Å². The number of aromatic nitrogens is 3. The van der Waals surface area contributed by atoms with Crippen LogP contribution in [0.5, 0.6) is 0 Å². The van der Waals surface area contributed by atoms with E-state index in [2.05, 4.69) is 33.7 Å². The molecule has 1 N–H and O–H groups in total. The molecule has 0 spiro atoms. The van der Waals surface area contributed by atoms with Gasteiger partial charge in [0.15, 0.2) is 5.16 Å². The molecule has 0 aliphatic carbocycles. The van der Waals surface area contributed by atoms with Crippen molar-refractivity contribution in [2.75, 3.05) is 5.32 Å². The fraction of sp³-hybridized carbons (Fsp3) is 0.192. The summed E-state index contributed by atoms with van der Waals surface area (Å²) in [5.41, 5.74) is 5.20. The number of thioether (sulfide) groups is 1. The summed E-state index contributed by atoms with van der Waals surface area (Å²) in [5, 5.41) is 12.3. The predicted molar refractivity (Wildman–Crippen MR) is 130 cm³/mol. The second kappa shape index (κ2) is 9.83. The summed E-state index contributed by atoms with van der Waals surface area (Å²) in [6.45, 7) is 5.94. The summed E-state index contributed by atoms with van der Waals surface area (Å²) in [6.07, 6.45) is 0.659. The zero-order valence-corrected chi connectivity index (χ0v) is 19.3. The molecule has 6 heteroatoms. The van der Waals surface area contributed by atoms with E-state index in [1.54, 1.807) is 0 Å². The fourth-order valence-corrected chi connectivity index (χ4v) is 4.39. The van der Waals surface area contributed by atoms with Crippen LogP contribution in [0.15, 0.2) is 84.0 Å². The van der Waals surface area contributed by atoms with Gasteiger partial charge >= 0.3 is 0 Å². The molecule has 1 unspecified atom stereocenters. The lowest BCUT2D eigenvalue weighted by Gasteiger charge is -2.15. The van der Waals surface area contributed by atoms with Gasteiger partial charge in [-0.25, -0.2) is 0 Å². The third-order valence-corrected chi connectivity index (χ3v) is 6.25. The van der Waals surface area contributed by atoms with Crippen molar-refractivity contribution in [1.29, 1.82) is 0 Å². The van der Waals surface area contributed by atoms with Crippen LogP contribution in [0.25, 0.3) is 5.69 Å². The summed E-state index contributed by atoms with van der Waals surface area (Å²) < 4.78 is 2.04. The molecule has 3 aromatic carbocycles. The molecule has 1 amide bonds. The maximum Gasteiger partial charge on any atom is 0.237 e. The number of para-hydroxylation sites is 1. The molecule has 0 fully saturated rings. The Morgan fingerprint density at radius 2 is 1.66 bits per heavy atom. The van der Waals surface area contributed by atoms with Crippen molar-refractivity contribution in [3.63, 3.8) is 0 Å². The summed E-state index contributed by atoms with van der Waals surface area (Å²) in [5.74, 6) is 0.779. The van der Waals surface area contributed by atoms with Crippen LogP contribution in [-0.2, 0) is 11.2 Å². The number of hydrogen-bond acceptors (Lipinski definition) is 4. The van der Waals surface area contributed by atoms with Crippen LogP contribution in [-0.4, -0.2) is 25.9 Å². The molecule has 1 atom stereocenters. The van der Waals surface area contributed by atoms with E-state index in [-0.39, 0.29) is 11.2 Å². The summed E-state index contributed by atoms with van der Waals surface area (Å²) in [4.78, 5) is 12.9. The Bertz CT molecular complexity index is 1210. The van der Waals surface area contributed by atoms with Crippen LogP contribution in [0.4, 0.5) is 5.69 Å². The molecule has 5 nitrogen and oxygen atoms in total. The second-order valence-corrected chi connectivity index (χ2v) is 9.11. The first kappa shape index (κ1) is 21.8. The Hall–Kier alpha value is -3.38. The van der Waals surface area contributed by atoms with Crippen LogP contribution >= 0.6 is 11.8 Å². The zero-order valence-electron chi connectivity index (χ0n) is 18.4. The number of benzene rings is 3. The monoisotopic (exact) mass is 442 g/mol. The number of nitrogens with zero attached hydrogens (tertiary/aromatic N) is 3. The van der Waals surface area contributed by atoms with E-state index in [1.807, 2.05) is 86.0 Å². The number of anilines is 1. The lowest BCUT2D eigenvalue weighted by atomic mass is 10.1. The SMILES string of the molecule is Cc1ccc(NC(=O)C(C)Sc2nnc(Cc3ccccc3)n2-c2ccccc2)c(C)c1. The third-order valence-electron chi connectivity index (χ3n) is 5.21. The van der Waals surface area contributed by atoms with Gasteiger partial charge in [0.1, 0.15) is 5.82 Å². The lowest BCUT2D eigenvalue weighted by Crippen LogP contribution is -2.23. The number of amides is 1. The minimum absolute atomic E-state index is 0.0609. The first-order valence-electron chi connectivity index (χ1n) is 10.6. The molecule has 4 rings (SSSR count). The highest BCUT2D eigenvalue weighted by Gasteiger charge is 2.21. The quantitative estimate of drug-likeness (QED) is 0.379. The van der Waals surface area contributed by atoms with E-state index in [0.717, 1.165) is 28.3 Å². The third kappa shape index (κ3) is 5.08. The predicted octanol–water partition coefficient (Wildman–Crippen LogP) is 5.59. The van der Waals surface area contributed by atoms with E-state index < -0.39 is 0 Å². The second-order valence-electron chi connectivity index (χ2n) is 7.80. The van der Waals surface area contributed by atoms with Gasteiger partial charge in [-0.1, -0.05) is 78.0 Å². The van der Waals surface area contributed by atoms with E-state index >= 15 is 0 Å². The molecule has 0 aliphatic heterocycles. The Morgan fingerprint density at radius 3 is 2.34 bits per heavy atom. The normalized spacial score (nSPS) is 11.8. The highest BCUT2D eigenvalue weighted by atomic mass is 32.2. The molecule has 162 valence electrons. The Kier molecular flexibility index (Phi) is 6.71. The minimum Gasteiger partial charge on any atom is -0.325 e. The summed E-state index contributed by atoms with van der Waals surface area (Å²) >= 11 is 1.41. The van der Waals surface area contributed by atoms with Gasteiger partial charge in [0.05, 0.1) is 5.25 Å². The van der Waals surface area contributed by atoms with Crippen LogP contribution in [0.2, 0.25) is 0 Å². The molecular weight excluding hydrogens is 416 g/mol. The molecule has 4 aromatic rings. The highest BCUT2D eigenvalue weighted by Crippen LogP contribution is 2.28. The highest BCUT2D eigenvalue weighted by molar-refractivity contribution is 8.00. The maximum absolute atomic E-state index is 12.9. The lowest BCUT2D eigenvalue weighted by molar-refractivity contribution is -0.115. The molecule has 0 bridgehead atoms. The van der Waals surface area contributed by atoms with Crippen LogP contribution in [0.3, 0.4) is 0 Å². The zero-order chi connectivity index (χ0) is 22.5. The Balaban J connectivity index is 1.58. The fourth-order valence-electron chi connectivity index (χ4n) is 3.51. The van der Waals surface area contributed by atoms with Crippen molar-refractivity contribution >= 4 is 23.4 Å². The van der Waals surface area contributed by atoms with Gasteiger partial charge in [-0.05, 0) is 50.1 Å². The van der Waals surface area contributed by atoms with Gasteiger partial charge in [-0.3, -0.25) is 9.36 Å². The summed E-state index contributed by atoms with van der Waals surface area (Å²) in [6, 6.07) is 26.3. The molecule has 0 saturated heterocycles. The van der Waals surface area contributed by atoms with E-state index in [0.29, 0.717) is 11.6 Å². The van der Waals surface area contributed by atoms with Crippen LogP contribution in [0, 0.1) is 13.8 Å². The number of nitrogens with one attached hydrogen (secondary N) is 1. The largest absolute Gasteiger partial charge is 0.325 e. The average molecular weight is 443 g/mol. The Morgan fingerprint density at radius 1 is 0.969 bits per heavy atom. The van der Waals surface area contributed by atoms with Gasteiger partial charge in [0, 0.05) is 17.8 Å². The minimum atomic E-state index is -0.341. The van der Waals surface area contributed by atoms with Crippen molar-refractivity contribution in [1.82, 2.24) is 14.8 Å². The van der Waals surface area contributed by atoms with Crippen molar-refractivity contribution < 1.29 is 4.79 Å². The molecule has 0 saturated carbocycles. The van der Waals surface area contributed by atoms with Crippen molar-refractivity contribution in [3.05, 3.63) is 101 Å². The van der Waals surface area contributed by atoms with Gasteiger partial charge in [0.2, 0.25) is 5.91 Å². The van der Waals surface area contributed by atoms with Crippen molar-refractivity contribution in [3.8, 4) is 5.69 Å². The molecule has 32 heavy (non-hydrogen) atoms. The molecular formula is C26H26N4OS. The van der Waals surface area contributed by atoms with Crippen LogP contribution < -0.4 is 5.32 Å². The first-order valence-corrected chi connectivity index (χ1v) is 11.5. The summed E-state index contributed by atoms with van der Waals surface area (Å²) in [7, 11) is 0. The number of aryl methyl sites for hydroxylation is 2. The molecule has 1 aromatic heterocycles. The molecule has 0 radical (unpaired) electrons. The average Bonchev–Trinajstić information content (AvgIpc) is 3.18. The van der Waals surface area contributed by atoms with Crippen LogP contribution in [0.1, 0.15) is 29.4 Å². The number of carbonyl (C=O) groups is 1. The van der Waals surface area contributed by atoms with Gasteiger partial charge in [-0.2, -0.15) is 0 Å². The standard InChI is InChI=1S/C26H26N4OS/c1-18-14-15-23(19(2)16-18)27-25(31)20(3)32-26-29-28-24(17-21-10-6-4-7-11-21)30(26)22-12-8-5-9-13-22/h4-16,20H,17H2,1-3H3,(H,27,31). The van der Waals surface area contributed by atoms with Gasteiger partial charge < -0.3 is 5.32 Å². The number of hydrogen-bond donors (Lipinski definition) is 1. The van der Waals surface area contributed by atoms with Crippen molar-refractivity contribution in [2.24, 2.45) is 0 Å². The first-order chi connectivity index (χ1) is 15.5. The van der Waals surface area contributed by atoms with E-state index in [4.69, 9.17) is 0 Å². The Labute approximate surface area is 192 Å². The molecule has 0 aliphatic rings. The van der Waals surface area contributed by atoms with Gasteiger partial charge in [0.25, 0.3) is 0 Å². The topological polar surface area (TPSA) is 59.8 Å². The maximum atomic E-state index is 12.9. The smallest absolute Gasteiger partial charge is 0.237 e. The molecule has 1 heterocycles. The number of rotatable bonds is 7.